The first-order valence-electron chi connectivity index (χ1n) is 22.7. The number of aliphatic hydroxyl groups is 1. The third kappa shape index (κ3) is 7.36. The molecule has 5 saturated carbocycles. The standard InChI is InChI=1S/C26H36O3.C25H28O3/c1-26-15-14-21-20-10-8-19(27)16-18(20)7-9-22(21)23(26)11-12-24(26)29-25(28)13-6-17-4-2-3-5-17;1-25-14-13-20-19-10-8-18(28-24(27)16-5-3-2-4-6-16)15-17(19)7-9-21(20)22(25)11-12-23(25)26/h8,10,16-17,21-24,27H,2-7,9,11-15H2,1H3;2-6,8,10,15,20-23,26H,7,9,11-14H2,1H3/t21-,22-,23+,24+,26+;20-,21-,22+,23+,25+/m11/s1. The van der Waals surface area contributed by atoms with Gasteiger partial charge in [-0.1, -0.05) is 69.9 Å². The number of rotatable bonds is 6. The molecule has 2 N–H and O–H groups in total. The Kier molecular flexibility index (Phi) is 10.8. The summed E-state index contributed by atoms with van der Waals surface area (Å²) >= 11 is 0. The van der Waals surface area contributed by atoms with Gasteiger partial charge in [0.05, 0.1) is 11.7 Å². The summed E-state index contributed by atoms with van der Waals surface area (Å²) in [5, 5.41) is 20.4. The lowest BCUT2D eigenvalue weighted by Gasteiger charge is -2.50. The number of phenols is 1. The van der Waals surface area contributed by atoms with Crippen molar-refractivity contribution in [1.82, 2.24) is 0 Å². The van der Waals surface area contributed by atoms with Crippen LogP contribution in [0.1, 0.15) is 161 Å². The Hall–Kier alpha value is -3.64. The van der Waals surface area contributed by atoms with Crippen LogP contribution in [0.5, 0.6) is 11.5 Å². The summed E-state index contributed by atoms with van der Waals surface area (Å²) in [6.45, 7) is 4.72. The van der Waals surface area contributed by atoms with E-state index in [0.717, 1.165) is 57.3 Å². The van der Waals surface area contributed by atoms with Gasteiger partial charge in [-0.15, -0.1) is 0 Å². The molecule has 0 aliphatic heterocycles. The number of hydrogen-bond donors (Lipinski definition) is 2. The summed E-state index contributed by atoms with van der Waals surface area (Å²) in [5.41, 5.74) is 6.44. The average molecular weight is 773 g/mol. The molecule has 0 heterocycles. The van der Waals surface area contributed by atoms with Crippen LogP contribution in [0, 0.1) is 40.4 Å². The van der Waals surface area contributed by atoms with Crippen molar-refractivity contribution in [2.75, 3.05) is 0 Å². The minimum absolute atomic E-state index is 0.0513. The van der Waals surface area contributed by atoms with E-state index in [-0.39, 0.29) is 35.0 Å². The molecule has 6 heteroatoms. The maximum absolute atomic E-state index is 12.6. The largest absolute Gasteiger partial charge is 0.508 e. The average Bonchev–Trinajstić information content (AvgIpc) is 3.95. The molecule has 57 heavy (non-hydrogen) atoms. The summed E-state index contributed by atoms with van der Waals surface area (Å²) in [7, 11) is 0. The molecule has 10 rings (SSSR count). The van der Waals surface area contributed by atoms with E-state index >= 15 is 0 Å². The molecule has 0 spiro atoms. The first-order chi connectivity index (χ1) is 27.6. The van der Waals surface area contributed by atoms with E-state index in [1.54, 1.807) is 12.1 Å². The van der Waals surface area contributed by atoms with E-state index in [1.807, 2.05) is 36.4 Å². The summed E-state index contributed by atoms with van der Waals surface area (Å²) in [6.07, 6.45) is 20.4. The van der Waals surface area contributed by atoms with Crippen LogP contribution in [0.25, 0.3) is 0 Å². The highest BCUT2D eigenvalue weighted by Gasteiger charge is 2.57. The third-order valence-corrected chi connectivity index (χ3v) is 17.0. The van der Waals surface area contributed by atoms with Crippen molar-refractivity contribution in [2.24, 2.45) is 40.4 Å². The van der Waals surface area contributed by atoms with Crippen molar-refractivity contribution in [2.45, 2.75) is 153 Å². The van der Waals surface area contributed by atoms with Crippen molar-refractivity contribution < 1.29 is 29.3 Å². The van der Waals surface area contributed by atoms with Gasteiger partial charge in [0.2, 0.25) is 0 Å². The van der Waals surface area contributed by atoms with Gasteiger partial charge in [-0.2, -0.15) is 0 Å². The lowest BCUT2D eigenvalue weighted by Crippen LogP contribution is -2.45. The SMILES string of the molecule is C[C@]12CC[C@@H]3c4ccc(O)cc4CC[C@H]3[C@@H]1CC[C@@H]2OC(=O)CCC1CCCC1.C[C@]12CC[C@@H]3c4ccc(OC(=O)c5ccccc5)cc4CC[C@H]3[C@@H]1CC[C@@H]2O. The number of carbonyl (C=O) groups excluding carboxylic acids is 2. The topological polar surface area (TPSA) is 93.1 Å². The van der Waals surface area contributed by atoms with Gasteiger partial charge in [0.1, 0.15) is 17.6 Å². The molecule has 7 aliphatic rings. The number of aryl methyl sites for hydroxylation is 2. The predicted octanol–water partition coefficient (Wildman–Crippen LogP) is 11.3. The van der Waals surface area contributed by atoms with Crippen molar-refractivity contribution >= 4 is 11.9 Å². The zero-order valence-corrected chi connectivity index (χ0v) is 34.3. The number of aliphatic hydroxyl groups excluding tert-OH is 1. The van der Waals surface area contributed by atoms with Crippen LogP contribution in [0.3, 0.4) is 0 Å². The molecule has 6 nitrogen and oxygen atoms in total. The Morgan fingerprint density at radius 2 is 1.33 bits per heavy atom. The third-order valence-electron chi connectivity index (χ3n) is 17.0. The lowest BCUT2D eigenvalue weighted by atomic mass is 9.55. The molecule has 10 atom stereocenters. The maximum Gasteiger partial charge on any atom is 0.343 e. The molecule has 3 aromatic carbocycles. The molecule has 0 bridgehead atoms. The van der Waals surface area contributed by atoms with Gasteiger partial charge in [0.25, 0.3) is 0 Å². The number of ether oxygens (including phenoxy) is 2. The minimum Gasteiger partial charge on any atom is -0.508 e. The molecule has 304 valence electrons. The fourth-order valence-electron chi connectivity index (χ4n) is 13.9. The second kappa shape index (κ2) is 15.8. The zero-order valence-electron chi connectivity index (χ0n) is 34.3. The molecular formula is C51H64O6. The summed E-state index contributed by atoms with van der Waals surface area (Å²) in [4.78, 5) is 25.0. The van der Waals surface area contributed by atoms with Crippen molar-refractivity contribution in [3.05, 3.63) is 94.5 Å². The van der Waals surface area contributed by atoms with Gasteiger partial charge >= 0.3 is 11.9 Å². The van der Waals surface area contributed by atoms with Gasteiger partial charge in [0.15, 0.2) is 0 Å². The van der Waals surface area contributed by atoms with Crippen molar-refractivity contribution in [3.8, 4) is 11.5 Å². The van der Waals surface area contributed by atoms with Crippen LogP contribution in [-0.2, 0) is 22.4 Å². The fourth-order valence-corrected chi connectivity index (χ4v) is 13.9. The Bertz CT molecular complexity index is 1930. The highest BCUT2D eigenvalue weighted by Crippen LogP contribution is 2.63. The van der Waals surface area contributed by atoms with E-state index < -0.39 is 0 Å². The summed E-state index contributed by atoms with van der Waals surface area (Å²) in [6, 6.07) is 21.4. The molecule has 0 radical (unpaired) electrons. The van der Waals surface area contributed by atoms with E-state index in [4.69, 9.17) is 9.47 Å². The predicted molar refractivity (Wildman–Crippen MR) is 222 cm³/mol. The number of aromatic hydroxyl groups is 1. The molecule has 7 aliphatic carbocycles. The second-order valence-corrected chi connectivity index (χ2v) is 19.8. The van der Waals surface area contributed by atoms with Gasteiger partial charge in [-0.25, -0.2) is 4.79 Å². The highest BCUT2D eigenvalue weighted by molar-refractivity contribution is 5.91. The van der Waals surface area contributed by atoms with Gasteiger partial charge in [-0.3, -0.25) is 4.79 Å². The van der Waals surface area contributed by atoms with Crippen LogP contribution in [-0.4, -0.2) is 34.4 Å². The minimum atomic E-state index is -0.303. The van der Waals surface area contributed by atoms with Crippen molar-refractivity contribution in [3.63, 3.8) is 0 Å². The van der Waals surface area contributed by atoms with Gasteiger partial charge in [-0.05, 0) is 189 Å². The monoisotopic (exact) mass is 772 g/mol. The van der Waals surface area contributed by atoms with E-state index in [9.17, 15) is 19.8 Å². The normalized spacial score (nSPS) is 34.9. The molecule has 0 saturated heterocycles. The maximum atomic E-state index is 12.6. The second-order valence-electron chi connectivity index (χ2n) is 19.8. The molecule has 0 amide bonds. The van der Waals surface area contributed by atoms with Crippen LogP contribution in [0.2, 0.25) is 0 Å². The quantitative estimate of drug-likeness (QED) is 0.191. The Labute approximate surface area is 340 Å². The van der Waals surface area contributed by atoms with Crippen LogP contribution < -0.4 is 4.74 Å². The summed E-state index contributed by atoms with van der Waals surface area (Å²) in [5.74, 6) is 5.44. The van der Waals surface area contributed by atoms with E-state index in [0.29, 0.717) is 59.0 Å². The number of benzene rings is 3. The summed E-state index contributed by atoms with van der Waals surface area (Å²) < 4.78 is 11.8. The van der Waals surface area contributed by atoms with E-state index in [2.05, 4.69) is 32.0 Å². The molecule has 5 fully saturated rings. The number of esters is 2. The Morgan fingerprint density at radius 3 is 2.05 bits per heavy atom. The first kappa shape index (κ1) is 38.9. The molecule has 3 aromatic rings. The Morgan fingerprint density at radius 1 is 0.702 bits per heavy atom. The van der Waals surface area contributed by atoms with Crippen LogP contribution >= 0.6 is 0 Å². The van der Waals surface area contributed by atoms with Crippen LogP contribution in [0.15, 0.2) is 66.7 Å². The number of hydrogen-bond acceptors (Lipinski definition) is 6. The number of fused-ring (bicyclic) bond motifs is 10. The lowest BCUT2D eigenvalue weighted by molar-refractivity contribution is -0.158. The number of carbonyl (C=O) groups is 2. The highest BCUT2D eigenvalue weighted by atomic mass is 16.5. The zero-order chi connectivity index (χ0) is 39.3. The van der Waals surface area contributed by atoms with Crippen molar-refractivity contribution in [1.29, 1.82) is 0 Å². The molecule has 0 unspecified atom stereocenters. The Balaban J connectivity index is 0.000000148. The smallest absolute Gasteiger partial charge is 0.343 e. The fraction of sp³-hybridized carbons (Fsp3) is 0.608. The van der Waals surface area contributed by atoms with Crippen LogP contribution in [0.4, 0.5) is 0 Å². The molecular weight excluding hydrogens is 709 g/mol. The van der Waals surface area contributed by atoms with Gasteiger partial charge in [0, 0.05) is 11.8 Å². The molecule has 0 aromatic heterocycles. The van der Waals surface area contributed by atoms with E-state index in [1.165, 1.54) is 80.0 Å². The first-order valence-corrected chi connectivity index (χ1v) is 22.7. The van der Waals surface area contributed by atoms with Gasteiger partial charge < -0.3 is 19.7 Å². The number of phenolic OH excluding ortho intramolecular Hbond substituents is 1.